The first kappa shape index (κ1) is 15.6. The highest BCUT2D eigenvalue weighted by atomic mass is 79.9. The van der Waals surface area contributed by atoms with Crippen molar-refractivity contribution in [2.75, 3.05) is 5.32 Å². The zero-order valence-corrected chi connectivity index (χ0v) is 13.5. The second kappa shape index (κ2) is 6.78. The van der Waals surface area contributed by atoms with Gasteiger partial charge in [-0.1, -0.05) is 12.1 Å². The number of benzene rings is 1. The summed E-state index contributed by atoms with van der Waals surface area (Å²) in [5, 5.41) is 6.00. The Labute approximate surface area is 132 Å². The van der Waals surface area contributed by atoms with Crippen LogP contribution in [0.25, 0.3) is 0 Å². The van der Waals surface area contributed by atoms with Crippen molar-refractivity contribution in [1.82, 2.24) is 5.32 Å². The monoisotopic (exact) mass is 351 g/mol. The number of urea groups is 1. The summed E-state index contributed by atoms with van der Waals surface area (Å²) in [7, 11) is 0. The molecule has 0 saturated heterocycles. The number of nitrogens with one attached hydrogen (secondary N) is 2. The molecule has 0 saturated carbocycles. The van der Waals surface area contributed by atoms with Crippen molar-refractivity contribution in [3.8, 4) is 0 Å². The number of anilines is 1. The van der Waals surface area contributed by atoms with Crippen molar-refractivity contribution in [3.63, 3.8) is 0 Å². The lowest BCUT2D eigenvalue weighted by atomic mass is 10.1. The Hall–Kier alpha value is -1.79. The number of furan rings is 1. The molecule has 5 nitrogen and oxygen atoms in total. The Morgan fingerprint density at radius 2 is 1.81 bits per heavy atom. The fourth-order valence-corrected chi connectivity index (χ4v) is 2.43. The van der Waals surface area contributed by atoms with Gasteiger partial charge in [-0.2, -0.15) is 0 Å². The van der Waals surface area contributed by atoms with Gasteiger partial charge in [-0.15, -0.1) is 0 Å². The molecular weight excluding hydrogens is 334 g/mol. The van der Waals surface area contributed by atoms with Gasteiger partial charge in [0.05, 0.1) is 6.04 Å². The van der Waals surface area contributed by atoms with Gasteiger partial charge >= 0.3 is 6.03 Å². The van der Waals surface area contributed by atoms with E-state index in [1.54, 1.807) is 0 Å². The first-order valence-corrected chi connectivity index (χ1v) is 7.42. The minimum Gasteiger partial charge on any atom is -0.453 e. The average Bonchev–Trinajstić information content (AvgIpc) is 2.85. The van der Waals surface area contributed by atoms with Crippen LogP contribution in [0.4, 0.5) is 10.5 Å². The van der Waals surface area contributed by atoms with Crippen LogP contribution in [0, 0.1) is 0 Å². The number of carbonyl (C=O) groups is 1. The van der Waals surface area contributed by atoms with Gasteiger partial charge in [0.1, 0.15) is 5.76 Å². The number of hydrogen-bond acceptors (Lipinski definition) is 3. The van der Waals surface area contributed by atoms with Gasteiger partial charge in [0.25, 0.3) is 0 Å². The molecule has 112 valence electrons. The van der Waals surface area contributed by atoms with Gasteiger partial charge in [-0.05, 0) is 59.6 Å². The van der Waals surface area contributed by atoms with Crippen molar-refractivity contribution in [2.45, 2.75) is 25.9 Å². The molecule has 1 heterocycles. The van der Waals surface area contributed by atoms with Crippen molar-refractivity contribution >= 4 is 27.6 Å². The van der Waals surface area contributed by atoms with E-state index in [4.69, 9.17) is 10.2 Å². The summed E-state index contributed by atoms with van der Waals surface area (Å²) in [5.74, 6) is 0.876. The first-order valence-electron chi connectivity index (χ1n) is 6.63. The van der Waals surface area contributed by atoms with Crippen LogP contribution in [0.5, 0.6) is 0 Å². The Morgan fingerprint density at radius 1 is 1.14 bits per heavy atom. The van der Waals surface area contributed by atoms with Crippen molar-refractivity contribution < 1.29 is 9.21 Å². The van der Waals surface area contributed by atoms with Crippen LogP contribution in [-0.2, 0) is 0 Å². The third-order valence-corrected chi connectivity index (χ3v) is 3.63. The minimum atomic E-state index is -0.564. The SMILES string of the molecule is CC(NC(C)c1ccc(Br)o1)c1ccc(NC(N)=O)cc1. The standard InChI is InChI=1S/C15H18BrN3O2/c1-9(18-10(2)13-7-8-14(16)21-13)11-3-5-12(6-4-11)19-15(17)20/h3-10,18H,1-2H3,(H3,17,19,20). The van der Waals surface area contributed by atoms with Crippen LogP contribution < -0.4 is 16.4 Å². The quantitative estimate of drug-likeness (QED) is 0.762. The fourth-order valence-electron chi connectivity index (χ4n) is 2.11. The van der Waals surface area contributed by atoms with Crippen molar-refractivity contribution in [2.24, 2.45) is 5.73 Å². The smallest absolute Gasteiger partial charge is 0.316 e. The highest BCUT2D eigenvalue weighted by Gasteiger charge is 2.14. The van der Waals surface area contributed by atoms with Crippen LogP contribution in [0.3, 0.4) is 0 Å². The molecule has 2 aromatic rings. The summed E-state index contributed by atoms with van der Waals surface area (Å²) >= 11 is 3.30. The molecule has 21 heavy (non-hydrogen) atoms. The lowest BCUT2D eigenvalue weighted by Gasteiger charge is -2.19. The predicted octanol–water partition coefficient (Wildman–Crippen LogP) is 3.94. The van der Waals surface area contributed by atoms with E-state index in [9.17, 15) is 4.79 Å². The summed E-state index contributed by atoms with van der Waals surface area (Å²) in [5.41, 5.74) is 6.87. The molecule has 0 radical (unpaired) electrons. The molecular formula is C15H18BrN3O2. The third-order valence-electron chi connectivity index (χ3n) is 3.20. The van der Waals surface area contributed by atoms with Crippen molar-refractivity contribution in [1.29, 1.82) is 0 Å². The molecule has 1 aromatic carbocycles. The number of primary amides is 1. The molecule has 2 atom stereocenters. The van der Waals surface area contributed by atoms with E-state index in [1.807, 2.05) is 43.3 Å². The highest BCUT2D eigenvalue weighted by Crippen LogP contribution is 2.24. The molecule has 0 bridgehead atoms. The minimum absolute atomic E-state index is 0.0923. The van der Waals surface area contributed by atoms with E-state index >= 15 is 0 Å². The number of rotatable bonds is 5. The molecule has 1 aromatic heterocycles. The third kappa shape index (κ3) is 4.34. The second-order valence-electron chi connectivity index (χ2n) is 4.86. The van der Waals surface area contributed by atoms with Crippen LogP contribution >= 0.6 is 15.9 Å². The lowest BCUT2D eigenvalue weighted by Crippen LogP contribution is -2.22. The summed E-state index contributed by atoms with van der Waals surface area (Å²) in [6.07, 6.45) is 0. The van der Waals surface area contributed by atoms with Gasteiger partial charge < -0.3 is 20.8 Å². The largest absolute Gasteiger partial charge is 0.453 e. The second-order valence-corrected chi connectivity index (χ2v) is 5.64. The molecule has 0 aliphatic heterocycles. The van der Waals surface area contributed by atoms with Gasteiger partial charge in [0.2, 0.25) is 0 Å². The summed E-state index contributed by atoms with van der Waals surface area (Å²) in [4.78, 5) is 10.8. The van der Waals surface area contributed by atoms with Gasteiger partial charge in [0, 0.05) is 11.7 Å². The van der Waals surface area contributed by atoms with Gasteiger partial charge in [0.15, 0.2) is 4.67 Å². The van der Waals surface area contributed by atoms with E-state index in [2.05, 4.69) is 33.5 Å². The number of carbonyl (C=O) groups excluding carboxylic acids is 1. The molecule has 0 aliphatic carbocycles. The van der Waals surface area contributed by atoms with Crippen LogP contribution in [0.15, 0.2) is 45.5 Å². The molecule has 2 rings (SSSR count). The first-order chi connectivity index (χ1) is 9.95. The molecule has 0 spiro atoms. The summed E-state index contributed by atoms with van der Waals surface area (Å²) in [6, 6.07) is 11.0. The molecule has 2 unspecified atom stereocenters. The molecule has 0 aliphatic rings. The average molecular weight is 352 g/mol. The van der Waals surface area contributed by atoms with E-state index in [1.165, 1.54) is 0 Å². The highest BCUT2D eigenvalue weighted by molar-refractivity contribution is 9.10. The van der Waals surface area contributed by atoms with Crippen LogP contribution in [0.1, 0.15) is 37.3 Å². The molecule has 4 N–H and O–H groups in total. The normalized spacial score (nSPS) is 13.7. The molecule has 2 amide bonds. The topological polar surface area (TPSA) is 80.3 Å². The zero-order valence-electron chi connectivity index (χ0n) is 11.9. The van der Waals surface area contributed by atoms with E-state index in [0.717, 1.165) is 16.0 Å². The Balaban J connectivity index is 1.99. The Kier molecular flexibility index (Phi) is 5.03. The zero-order chi connectivity index (χ0) is 15.4. The number of halogens is 1. The number of nitrogens with two attached hydrogens (primary N) is 1. The molecule has 6 heteroatoms. The van der Waals surface area contributed by atoms with Crippen molar-refractivity contribution in [3.05, 3.63) is 52.4 Å². The fraction of sp³-hybridized carbons (Fsp3) is 0.267. The Morgan fingerprint density at radius 3 is 2.33 bits per heavy atom. The van der Waals surface area contributed by atoms with Gasteiger partial charge in [-0.3, -0.25) is 0 Å². The van der Waals surface area contributed by atoms with E-state index in [-0.39, 0.29) is 12.1 Å². The number of amides is 2. The maximum absolute atomic E-state index is 10.8. The van der Waals surface area contributed by atoms with E-state index in [0.29, 0.717) is 5.69 Å². The number of hydrogen-bond donors (Lipinski definition) is 3. The van der Waals surface area contributed by atoms with E-state index < -0.39 is 6.03 Å². The Bertz CT molecular complexity index is 610. The van der Waals surface area contributed by atoms with Gasteiger partial charge in [-0.25, -0.2) is 4.79 Å². The maximum atomic E-state index is 10.8. The lowest BCUT2D eigenvalue weighted by molar-refractivity contribution is 0.259. The van der Waals surface area contributed by atoms with Crippen LogP contribution in [-0.4, -0.2) is 6.03 Å². The molecule has 0 fully saturated rings. The summed E-state index contributed by atoms with van der Waals surface area (Å²) < 4.78 is 6.26. The van der Waals surface area contributed by atoms with Crippen LogP contribution in [0.2, 0.25) is 0 Å². The summed E-state index contributed by atoms with van der Waals surface area (Å²) in [6.45, 7) is 4.12. The predicted molar refractivity (Wildman–Crippen MR) is 86.0 cm³/mol. The maximum Gasteiger partial charge on any atom is 0.316 e.